The van der Waals surface area contributed by atoms with Gasteiger partial charge in [0.2, 0.25) is 0 Å². The highest BCUT2D eigenvalue weighted by Crippen LogP contribution is 2.30. The van der Waals surface area contributed by atoms with E-state index in [-0.39, 0.29) is 18.6 Å². The number of aryl methyl sites for hydroxylation is 3. The number of hydrogen-bond donors (Lipinski definition) is 0. The van der Waals surface area contributed by atoms with E-state index in [1.54, 1.807) is 0 Å². The number of carbonyl (C=O) groups excluding carboxylic acids is 1. The number of amides is 1. The van der Waals surface area contributed by atoms with Crippen molar-refractivity contribution in [1.82, 2.24) is 9.47 Å². The summed E-state index contributed by atoms with van der Waals surface area (Å²) < 4.78 is 7.92. The number of benzene rings is 1. The van der Waals surface area contributed by atoms with Crippen LogP contribution >= 0.6 is 0 Å². The molecular weight excluding hydrogens is 312 g/mol. The van der Waals surface area contributed by atoms with Crippen LogP contribution < -0.4 is 4.74 Å². The lowest BCUT2D eigenvalue weighted by atomic mass is 10.1. The van der Waals surface area contributed by atoms with Gasteiger partial charge in [-0.2, -0.15) is 0 Å². The molecule has 1 fully saturated rings. The van der Waals surface area contributed by atoms with E-state index in [2.05, 4.69) is 43.8 Å². The third-order valence-corrected chi connectivity index (χ3v) is 5.24. The number of carbonyl (C=O) groups is 1. The molecule has 1 aliphatic rings. The molecule has 3 rings (SSSR count). The van der Waals surface area contributed by atoms with Crippen LogP contribution in [0.1, 0.15) is 48.5 Å². The zero-order valence-corrected chi connectivity index (χ0v) is 15.5. The second-order valence-electron chi connectivity index (χ2n) is 7.03. The number of hydrogen-bond acceptors (Lipinski definition) is 2. The summed E-state index contributed by atoms with van der Waals surface area (Å²) in [7, 11) is 2.05. The van der Waals surface area contributed by atoms with Crippen molar-refractivity contribution >= 4 is 5.91 Å². The molecule has 4 heteroatoms. The Bertz CT molecular complexity index is 735. The van der Waals surface area contributed by atoms with Gasteiger partial charge in [-0.05, 0) is 62.1 Å². The average Bonchev–Trinajstić information content (AvgIpc) is 2.88. The van der Waals surface area contributed by atoms with Gasteiger partial charge in [0.15, 0.2) is 6.61 Å². The molecule has 1 saturated heterocycles. The molecule has 1 atom stereocenters. The minimum atomic E-state index is 0.0753. The highest BCUT2D eigenvalue weighted by atomic mass is 16.5. The van der Waals surface area contributed by atoms with Crippen LogP contribution in [0.25, 0.3) is 0 Å². The molecule has 25 heavy (non-hydrogen) atoms. The third kappa shape index (κ3) is 4.06. The highest BCUT2D eigenvalue weighted by molar-refractivity contribution is 5.78. The standard InChI is InChI=1S/C21H28N2O2/c1-16-10-11-18(14-17(16)2)25-15-21(24)23-13-6-4-5-8-20(23)19-9-7-12-22(19)3/h7,9-12,14,20H,4-6,8,13,15H2,1-3H3. The summed E-state index contributed by atoms with van der Waals surface area (Å²) in [6.07, 6.45) is 6.48. The van der Waals surface area contributed by atoms with Crippen LogP contribution in [-0.2, 0) is 11.8 Å². The molecule has 2 aromatic rings. The molecule has 0 spiro atoms. The number of likely N-dealkylation sites (tertiary alicyclic amines) is 1. The van der Waals surface area contributed by atoms with E-state index >= 15 is 0 Å². The van der Waals surface area contributed by atoms with E-state index in [0.29, 0.717) is 0 Å². The van der Waals surface area contributed by atoms with E-state index in [9.17, 15) is 4.79 Å². The Morgan fingerprint density at radius 2 is 2.00 bits per heavy atom. The summed E-state index contributed by atoms with van der Waals surface area (Å²) >= 11 is 0. The normalized spacial score (nSPS) is 18.0. The van der Waals surface area contributed by atoms with Crippen molar-refractivity contribution in [3.8, 4) is 5.75 Å². The van der Waals surface area contributed by atoms with Gasteiger partial charge < -0.3 is 14.2 Å². The van der Waals surface area contributed by atoms with E-state index in [1.165, 1.54) is 23.2 Å². The van der Waals surface area contributed by atoms with Gasteiger partial charge in [-0.3, -0.25) is 4.79 Å². The van der Waals surface area contributed by atoms with E-state index < -0.39 is 0 Å². The van der Waals surface area contributed by atoms with Crippen molar-refractivity contribution in [3.63, 3.8) is 0 Å². The van der Waals surface area contributed by atoms with Crippen LogP contribution in [0.3, 0.4) is 0 Å². The predicted octanol–water partition coefficient (Wildman–Crippen LogP) is 4.16. The van der Waals surface area contributed by atoms with Crippen molar-refractivity contribution in [2.24, 2.45) is 7.05 Å². The summed E-state index contributed by atoms with van der Waals surface area (Å²) in [5.74, 6) is 0.841. The van der Waals surface area contributed by atoms with E-state index in [1.807, 2.05) is 23.1 Å². The minimum Gasteiger partial charge on any atom is -0.484 e. The van der Waals surface area contributed by atoms with Gasteiger partial charge in [0.25, 0.3) is 5.91 Å². The first kappa shape index (κ1) is 17.6. The second kappa shape index (κ2) is 7.77. The maximum absolute atomic E-state index is 12.9. The molecule has 4 nitrogen and oxygen atoms in total. The van der Waals surface area contributed by atoms with E-state index in [0.717, 1.165) is 31.6 Å². The summed E-state index contributed by atoms with van der Waals surface area (Å²) in [6, 6.07) is 10.3. The Balaban J connectivity index is 1.71. The molecule has 0 radical (unpaired) electrons. The maximum atomic E-state index is 12.9. The topological polar surface area (TPSA) is 34.5 Å². The summed E-state index contributed by atoms with van der Waals surface area (Å²) in [6.45, 7) is 5.05. The first-order chi connectivity index (χ1) is 12.1. The molecule has 2 heterocycles. The highest BCUT2D eigenvalue weighted by Gasteiger charge is 2.28. The Hall–Kier alpha value is -2.23. The van der Waals surface area contributed by atoms with Gasteiger partial charge >= 0.3 is 0 Å². The number of ether oxygens (including phenoxy) is 1. The lowest BCUT2D eigenvalue weighted by Crippen LogP contribution is -2.38. The Kier molecular flexibility index (Phi) is 5.47. The molecule has 0 saturated carbocycles. The zero-order valence-electron chi connectivity index (χ0n) is 15.5. The third-order valence-electron chi connectivity index (χ3n) is 5.24. The first-order valence-corrected chi connectivity index (χ1v) is 9.17. The largest absolute Gasteiger partial charge is 0.484 e. The molecule has 1 aliphatic heterocycles. The summed E-state index contributed by atoms with van der Waals surface area (Å²) in [5, 5.41) is 0. The lowest BCUT2D eigenvalue weighted by molar-refractivity contribution is -0.136. The molecule has 1 unspecified atom stereocenters. The van der Waals surface area contributed by atoms with Crippen molar-refractivity contribution in [2.45, 2.75) is 45.6 Å². The Morgan fingerprint density at radius 1 is 1.16 bits per heavy atom. The van der Waals surface area contributed by atoms with Gasteiger partial charge in [-0.25, -0.2) is 0 Å². The fourth-order valence-corrected chi connectivity index (χ4v) is 3.57. The monoisotopic (exact) mass is 340 g/mol. The number of rotatable bonds is 4. The lowest BCUT2D eigenvalue weighted by Gasteiger charge is -2.30. The zero-order chi connectivity index (χ0) is 17.8. The SMILES string of the molecule is Cc1ccc(OCC(=O)N2CCCCCC2c2cccn2C)cc1C. The Morgan fingerprint density at radius 3 is 2.72 bits per heavy atom. The second-order valence-corrected chi connectivity index (χ2v) is 7.03. The molecular formula is C21H28N2O2. The van der Waals surface area contributed by atoms with Gasteiger partial charge in [0.1, 0.15) is 5.75 Å². The molecule has 1 amide bonds. The smallest absolute Gasteiger partial charge is 0.261 e. The summed E-state index contributed by atoms with van der Waals surface area (Å²) in [4.78, 5) is 14.9. The molecule has 1 aromatic heterocycles. The van der Waals surface area contributed by atoms with Crippen molar-refractivity contribution in [2.75, 3.05) is 13.2 Å². The molecule has 0 aliphatic carbocycles. The van der Waals surface area contributed by atoms with Crippen LogP contribution in [0.5, 0.6) is 5.75 Å². The first-order valence-electron chi connectivity index (χ1n) is 9.17. The molecule has 134 valence electrons. The number of nitrogens with zero attached hydrogens (tertiary/aromatic N) is 2. The average molecular weight is 340 g/mol. The van der Waals surface area contributed by atoms with Crippen LogP contribution in [0.15, 0.2) is 36.5 Å². The van der Waals surface area contributed by atoms with Crippen molar-refractivity contribution < 1.29 is 9.53 Å². The fraction of sp³-hybridized carbons (Fsp3) is 0.476. The van der Waals surface area contributed by atoms with Crippen molar-refractivity contribution in [3.05, 3.63) is 53.3 Å². The molecule has 1 aromatic carbocycles. The van der Waals surface area contributed by atoms with Gasteiger partial charge in [0.05, 0.1) is 6.04 Å². The molecule has 0 bridgehead atoms. The van der Waals surface area contributed by atoms with E-state index in [4.69, 9.17) is 4.74 Å². The van der Waals surface area contributed by atoms with Crippen LogP contribution in [0, 0.1) is 13.8 Å². The van der Waals surface area contributed by atoms with Crippen LogP contribution in [0.2, 0.25) is 0 Å². The van der Waals surface area contributed by atoms with Gasteiger partial charge in [-0.15, -0.1) is 0 Å². The quantitative estimate of drug-likeness (QED) is 0.837. The maximum Gasteiger partial charge on any atom is 0.261 e. The van der Waals surface area contributed by atoms with Crippen molar-refractivity contribution in [1.29, 1.82) is 0 Å². The summed E-state index contributed by atoms with van der Waals surface area (Å²) in [5.41, 5.74) is 3.62. The minimum absolute atomic E-state index is 0.0753. The Labute approximate surface area is 150 Å². The predicted molar refractivity (Wildman–Crippen MR) is 99.7 cm³/mol. The number of aromatic nitrogens is 1. The fourth-order valence-electron chi connectivity index (χ4n) is 3.57. The van der Waals surface area contributed by atoms with Gasteiger partial charge in [0, 0.05) is 25.5 Å². The van der Waals surface area contributed by atoms with Crippen LogP contribution in [-0.4, -0.2) is 28.5 Å². The van der Waals surface area contributed by atoms with Gasteiger partial charge in [-0.1, -0.05) is 18.9 Å². The van der Waals surface area contributed by atoms with Crippen LogP contribution in [0.4, 0.5) is 0 Å². The molecule has 0 N–H and O–H groups in total.